The van der Waals surface area contributed by atoms with Gasteiger partial charge in [-0.3, -0.25) is 9.78 Å². The number of amides is 1. The van der Waals surface area contributed by atoms with Gasteiger partial charge in [-0.05, 0) is 42.3 Å². The second-order valence-corrected chi connectivity index (χ2v) is 5.40. The highest BCUT2D eigenvalue weighted by Crippen LogP contribution is 2.21. The van der Waals surface area contributed by atoms with Gasteiger partial charge < -0.3 is 4.90 Å². The molecule has 0 bridgehead atoms. The van der Waals surface area contributed by atoms with E-state index >= 15 is 0 Å². The number of hydrogen-bond acceptors (Lipinski definition) is 2. The Kier molecular flexibility index (Phi) is 4.48. The fourth-order valence-electron chi connectivity index (χ4n) is 2.52. The van der Waals surface area contributed by atoms with Gasteiger partial charge in [0.05, 0.1) is 6.54 Å². The SMILES string of the molecule is Cc1ccccc1C(=O)N(Cc1cccnc1)c1ccccc1. The predicted octanol–water partition coefficient (Wildman–Crippen LogP) is 4.24. The molecule has 0 aliphatic heterocycles. The lowest BCUT2D eigenvalue weighted by Gasteiger charge is -2.23. The molecular weight excluding hydrogens is 284 g/mol. The number of benzene rings is 2. The minimum absolute atomic E-state index is 0.00171. The second-order valence-electron chi connectivity index (χ2n) is 5.40. The lowest BCUT2D eigenvalue weighted by Crippen LogP contribution is -2.31. The number of para-hydroxylation sites is 1. The number of aryl methyl sites for hydroxylation is 1. The molecule has 1 amide bonds. The zero-order valence-electron chi connectivity index (χ0n) is 13.0. The van der Waals surface area contributed by atoms with E-state index in [1.807, 2.05) is 73.7 Å². The van der Waals surface area contributed by atoms with Gasteiger partial charge in [0, 0.05) is 23.6 Å². The molecule has 3 nitrogen and oxygen atoms in total. The molecule has 0 N–H and O–H groups in total. The van der Waals surface area contributed by atoms with E-state index in [1.165, 1.54) is 0 Å². The van der Waals surface area contributed by atoms with Gasteiger partial charge in [0.15, 0.2) is 0 Å². The van der Waals surface area contributed by atoms with Crippen molar-refractivity contribution < 1.29 is 4.79 Å². The highest BCUT2D eigenvalue weighted by Gasteiger charge is 2.19. The third-order valence-corrected chi connectivity index (χ3v) is 3.75. The van der Waals surface area contributed by atoms with E-state index in [1.54, 1.807) is 17.3 Å². The maximum atomic E-state index is 13.1. The molecule has 23 heavy (non-hydrogen) atoms. The summed E-state index contributed by atoms with van der Waals surface area (Å²) in [6, 6.07) is 21.3. The number of carbonyl (C=O) groups excluding carboxylic acids is 1. The summed E-state index contributed by atoms with van der Waals surface area (Å²) >= 11 is 0. The van der Waals surface area contributed by atoms with Crippen LogP contribution >= 0.6 is 0 Å². The molecule has 0 aliphatic rings. The number of rotatable bonds is 4. The first-order valence-electron chi connectivity index (χ1n) is 7.57. The molecule has 3 heteroatoms. The number of carbonyl (C=O) groups is 1. The van der Waals surface area contributed by atoms with Crippen LogP contribution in [-0.4, -0.2) is 10.9 Å². The summed E-state index contributed by atoms with van der Waals surface area (Å²) in [4.78, 5) is 19.0. The van der Waals surface area contributed by atoms with Gasteiger partial charge in [-0.25, -0.2) is 0 Å². The molecule has 0 atom stereocenters. The van der Waals surface area contributed by atoms with Crippen LogP contribution in [0.3, 0.4) is 0 Å². The van der Waals surface area contributed by atoms with Crippen LogP contribution < -0.4 is 4.90 Å². The van der Waals surface area contributed by atoms with E-state index in [0.29, 0.717) is 6.54 Å². The number of anilines is 1. The predicted molar refractivity (Wildman–Crippen MR) is 92.4 cm³/mol. The quantitative estimate of drug-likeness (QED) is 0.722. The fourth-order valence-corrected chi connectivity index (χ4v) is 2.52. The average Bonchev–Trinajstić information content (AvgIpc) is 2.61. The number of pyridine rings is 1. The maximum Gasteiger partial charge on any atom is 0.258 e. The van der Waals surface area contributed by atoms with Crippen LogP contribution in [0, 0.1) is 6.92 Å². The number of nitrogens with zero attached hydrogens (tertiary/aromatic N) is 2. The van der Waals surface area contributed by atoms with Crippen molar-refractivity contribution >= 4 is 11.6 Å². The Labute approximate surface area is 136 Å². The van der Waals surface area contributed by atoms with Gasteiger partial charge in [0.1, 0.15) is 0 Å². The van der Waals surface area contributed by atoms with E-state index in [0.717, 1.165) is 22.4 Å². The summed E-state index contributed by atoms with van der Waals surface area (Å²) < 4.78 is 0. The van der Waals surface area contributed by atoms with E-state index in [-0.39, 0.29) is 5.91 Å². The van der Waals surface area contributed by atoms with Gasteiger partial charge in [-0.15, -0.1) is 0 Å². The Bertz CT molecular complexity index is 785. The highest BCUT2D eigenvalue weighted by atomic mass is 16.2. The summed E-state index contributed by atoms with van der Waals surface area (Å²) in [5, 5.41) is 0. The molecule has 1 heterocycles. The number of hydrogen-bond donors (Lipinski definition) is 0. The summed E-state index contributed by atoms with van der Waals surface area (Å²) in [5.41, 5.74) is 3.58. The van der Waals surface area contributed by atoms with Crippen molar-refractivity contribution in [2.75, 3.05) is 4.90 Å². The third kappa shape index (κ3) is 3.46. The average molecular weight is 302 g/mol. The van der Waals surface area contributed by atoms with Crippen LogP contribution in [0.1, 0.15) is 21.5 Å². The first-order chi connectivity index (χ1) is 11.3. The minimum Gasteiger partial charge on any atom is -0.304 e. The molecule has 0 aliphatic carbocycles. The first kappa shape index (κ1) is 15.0. The van der Waals surface area contributed by atoms with Crippen molar-refractivity contribution in [1.82, 2.24) is 4.98 Å². The zero-order valence-corrected chi connectivity index (χ0v) is 13.0. The van der Waals surface area contributed by atoms with Gasteiger partial charge in [-0.1, -0.05) is 42.5 Å². The van der Waals surface area contributed by atoms with E-state index in [4.69, 9.17) is 0 Å². The Morgan fingerprint density at radius 2 is 1.70 bits per heavy atom. The van der Waals surface area contributed by atoms with Crippen LogP contribution in [0.4, 0.5) is 5.69 Å². The molecule has 3 rings (SSSR count). The van der Waals surface area contributed by atoms with E-state index in [9.17, 15) is 4.79 Å². The molecule has 2 aromatic carbocycles. The normalized spacial score (nSPS) is 10.3. The molecular formula is C20H18N2O. The van der Waals surface area contributed by atoms with Crippen LogP contribution in [0.5, 0.6) is 0 Å². The smallest absolute Gasteiger partial charge is 0.258 e. The third-order valence-electron chi connectivity index (χ3n) is 3.75. The topological polar surface area (TPSA) is 33.2 Å². The standard InChI is InChI=1S/C20H18N2O/c1-16-8-5-6-12-19(16)20(23)22(18-10-3-2-4-11-18)15-17-9-7-13-21-14-17/h2-14H,15H2,1H3. The summed E-state index contributed by atoms with van der Waals surface area (Å²) in [6.07, 6.45) is 3.53. The van der Waals surface area contributed by atoms with Gasteiger partial charge in [0.2, 0.25) is 0 Å². The van der Waals surface area contributed by atoms with Gasteiger partial charge in [0.25, 0.3) is 5.91 Å². The lowest BCUT2D eigenvalue weighted by atomic mass is 10.1. The minimum atomic E-state index is -0.00171. The zero-order chi connectivity index (χ0) is 16.1. The molecule has 0 fully saturated rings. The second kappa shape index (κ2) is 6.88. The summed E-state index contributed by atoms with van der Waals surface area (Å²) in [5.74, 6) is -0.00171. The van der Waals surface area contributed by atoms with Crippen LogP contribution in [-0.2, 0) is 6.54 Å². The monoisotopic (exact) mass is 302 g/mol. The number of aromatic nitrogens is 1. The van der Waals surface area contributed by atoms with E-state index < -0.39 is 0 Å². The summed E-state index contributed by atoms with van der Waals surface area (Å²) in [7, 11) is 0. The molecule has 0 spiro atoms. The molecule has 114 valence electrons. The highest BCUT2D eigenvalue weighted by molar-refractivity contribution is 6.06. The van der Waals surface area contributed by atoms with Gasteiger partial charge >= 0.3 is 0 Å². The molecule has 3 aromatic rings. The molecule has 0 saturated heterocycles. The molecule has 0 radical (unpaired) electrons. The van der Waals surface area contributed by atoms with Crippen molar-refractivity contribution in [3.63, 3.8) is 0 Å². The fraction of sp³-hybridized carbons (Fsp3) is 0.100. The molecule has 1 aromatic heterocycles. The van der Waals surface area contributed by atoms with Crippen LogP contribution in [0.25, 0.3) is 0 Å². The Morgan fingerprint density at radius 1 is 0.957 bits per heavy atom. The first-order valence-corrected chi connectivity index (χ1v) is 7.57. The van der Waals surface area contributed by atoms with Crippen molar-refractivity contribution in [3.8, 4) is 0 Å². The van der Waals surface area contributed by atoms with Crippen molar-refractivity contribution in [2.24, 2.45) is 0 Å². The van der Waals surface area contributed by atoms with Crippen LogP contribution in [0.15, 0.2) is 79.1 Å². The lowest BCUT2D eigenvalue weighted by molar-refractivity contribution is 0.0984. The maximum absolute atomic E-state index is 13.1. The largest absolute Gasteiger partial charge is 0.304 e. The Hall–Kier alpha value is -2.94. The van der Waals surface area contributed by atoms with E-state index in [2.05, 4.69) is 4.98 Å². The Balaban J connectivity index is 1.98. The van der Waals surface area contributed by atoms with Crippen molar-refractivity contribution in [2.45, 2.75) is 13.5 Å². The van der Waals surface area contributed by atoms with Crippen molar-refractivity contribution in [3.05, 3.63) is 95.8 Å². The van der Waals surface area contributed by atoms with Gasteiger partial charge in [-0.2, -0.15) is 0 Å². The molecule has 0 unspecified atom stereocenters. The molecule has 0 saturated carbocycles. The summed E-state index contributed by atoms with van der Waals surface area (Å²) in [6.45, 7) is 2.45. The van der Waals surface area contributed by atoms with Crippen molar-refractivity contribution in [1.29, 1.82) is 0 Å². The Morgan fingerprint density at radius 3 is 2.39 bits per heavy atom. The van der Waals surface area contributed by atoms with Crippen LogP contribution in [0.2, 0.25) is 0 Å².